The fraction of sp³-hybridized carbons (Fsp3) is 1.00. The molecule has 0 aliphatic carbocycles. The second kappa shape index (κ2) is 3.32. The van der Waals surface area contributed by atoms with Crippen LogP contribution in [0.15, 0.2) is 0 Å². The Hall–Kier alpha value is -0.120. The fourth-order valence-corrected chi connectivity index (χ4v) is 1.51. The van der Waals surface area contributed by atoms with Crippen molar-refractivity contribution >= 4 is 0 Å². The van der Waals surface area contributed by atoms with Crippen LogP contribution in [-0.2, 0) is 4.74 Å². The molecule has 1 fully saturated rings. The predicted octanol–water partition coefficient (Wildman–Crippen LogP) is 0.217. The van der Waals surface area contributed by atoms with Crippen molar-refractivity contribution in [2.75, 3.05) is 20.2 Å². The highest BCUT2D eigenvalue weighted by molar-refractivity contribution is 4.73. The Morgan fingerprint density at radius 1 is 1.50 bits per heavy atom. The molecular formula is C7H16N2O. The van der Waals surface area contributed by atoms with Gasteiger partial charge < -0.3 is 4.74 Å². The van der Waals surface area contributed by atoms with Gasteiger partial charge in [-0.25, -0.2) is 5.01 Å². The van der Waals surface area contributed by atoms with Crippen molar-refractivity contribution in [2.24, 2.45) is 11.8 Å². The van der Waals surface area contributed by atoms with E-state index in [1.807, 2.05) is 5.01 Å². The first kappa shape index (κ1) is 7.98. The summed E-state index contributed by atoms with van der Waals surface area (Å²) in [4.78, 5) is 0. The number of ether oxygens (including phenoxy) is 1. The van der Waals surface area contributed by atoms with Crippen LogP contribution in [0.5, 0.6) is 0 Å². The van der Waals surface area contributed by atoms with Crippen LogP contribution < -0.4 is 5.84 Å². The molecule has 0 aromatic rings. The highest BCUT2D eigenvalue weighted by atomic mass is 16.5. The van der Waals surface area contributed by atoms with E-state index in [0.29, 0.717) is 12.0 Å². The molecule has 0 saturated carbocycles. The number of rotatable bonds is 1. The Bertz CT molecular complexity index is 97.8. The molecule has 1 rings (SSSR count). The third-order valence-electron chi connectivity index (χ3n) is 1.98. The van der Waals surface area contributed by atoms with Gasteiger partial charge in [-0.05, 0) is 12.3 Å². The van der Waals surface area contributed by atoms with Gasteiger partial charge in [-0.3, -0.25) is 5.84 Å². The summed E-state index contributed by atoms with van der Waals surface area (Å²) in [6.07, 6.45) is 1.48. The SMILES string of the molecule is CO[C@@H]1C[C@H](C)CN(N)C1. The van der Waals surface area contributed by atoms with Gasteiger partial charge >= 0.3 is 0 Å². The zero-order valence-corrected chi connectivity index (χ0v) is 6.71. The molecule has 60 valence electrons. The Morgan fingerprint density at radius 2 is 2.20 bits per heavy atom. The van der Waals surface area contributed by atoms with E-state index < -0.39 is 0 Å². The smallest absolute Gasteiger partial charge is 0.0715 e. The highest BCUT2D eigenvalue weighted by Gasteiger charge is 2.21. The summed E-state index contributed by atoms with van der Waals surface area (Å²) < 4.78 is 5.21. The van der Waals surface area contributed by atoms with E-state index in [1.54, 1.807) is 7.11 Å². The Labute approximate surface area is 62.1 Å². The van der Waals surface area contributed by atoms with Gasteiger partial charge in [0.25, 0.3) is 0 Å². The van der Waals surface area contributed by atoms with Gasteiger partial charge in [0, 0.05) is 20.2 Å². The average Bonchev–Trinajstić information content (AvgIpc) is 1.85. The number of nitrogens with two attached hydrogens (primary N) is 1. The minimum atomic E-state index is 0.341. The largest absolute Gasteiger partial charge is 0.380 e. The van der Waals surface area contributed by atoms with Gasteiger partial charge in [0.05, 0.1) is 6.10 Å². The second-order valence-electron chi connectivity index (χ2n) is 3.15. The van der Waals surface area contributed by atoms with Crippen molar-refractivity contribution < 1.29 is 4.74 Å². The molecule has 10 heavy (non-hydrogen) atoms. The molecule has 0 aromatic heterocycles. The molecule has 0 spiro atoms. The zero-order chi connectivity index (χ0) is 7.56. The van der Waals surface area contributed by atoms with Crippen molar-refractivity contribution in [2.45, 2.75) is 19.4 Å². The van der Waals surface area contributed by atoms with Crippen LogP contribution >= 0.6 is 0 Å². The van der Waals surface area contributed by atoms with Crippen molar-refractivity contribution in [3.63, 3.8) is 0 Å². The third kappa shape index (κ3) is 1.94. The molecule has 0 bridgehead atoms. The molecule has 0 radical (unpaired) electrons. The van der Waals surface area contributed by atoms with E-state index in [9.17, 15) is 0 Å². The third-order valence-corrected chi connectivity index (χ3v) is 1.98. The summed E-state index contributed by atoms with van der Waals surface area (Å²) >= 11 is 0. The lowest BCUT2D eigenvalue weighted by Gasteiger charge is -2.32. The normalized spacial score (nSPS) is 36.3. The minimum Gasteiger partial charge on any atom is -0.380 e. The van der Waals surface area contributed by atoms with Crippen molar-refractivity contribution in [3.8, 4) is 0 Å². The van der Waals surface area contributed by atoms with Crippen molar-refractivity contribution in [3.05, 3.63) is 0 Å². The summed E-state index contributed by atoms with van der Waals surface area (Å²) in [6, 6.07) is 0. The standard InChI is InChI=1S/C7H16N2O/c1-6-3-7(10-2)5-9(8)4-6/h6-7H,3-5,8H2,1-2H3/t6-,7+/m0/s1. The Balaban J connectivity index is 2.35. The lowest BCUT2D eigenvalue weighted by Crippen LogP contribution is -2.46. The average molecular weight is 144 g/mol. The highest BCUT2D eigenvalue weighted by Crippen LogP contribution is 2.15. The van der Waals surface area contributed by atoms with E-state index in [4.69, 9.17) is 10.6 Å². The molecule has 1 heterocycles. The zero-order valence-electron chi connectivity index (χ0n) is 6.71. The predicted molar refractivity (Wildman–Crippen MR) is 40.3 cm³/mol. The van der Waals surface area contributed by atoms with Crippen LogP contribution in [0, 0.1) is 5.92 Å². The van der Waals surface area contributed by atoms with E-state index >= 15 is 0 Å². The van der Waals surface area contributed by atoms with E-state index in [2.05, 4.69) is 6.92 Å². The lowest BCUT2D eigenvalue weighted by atomic mass is 9.99. The van der Waals surface area contributed by atoms with Gasteiger partial charge in [-0.1, -0.05) is 6.92 Å². The number of nitrogens with zero attached hydrogens (tertiary/aromatic N) is 1. The minimum absolute atomic E-state index is 0.341. The molecule has 1 aliphatic heterocycles. The Morgan fingerprint density at radius 3 is 2.70 bits per heavy atom. The maximum Gasteiger partial charge on any atom is 0.0715 e. The van der Waals surface area contributed by atoms with E-state index in [0.717, 1.165) is 19.5 Å². The summed E-state index contributed by atoms with van der Waals surface area (Å²) in [6.45, 7) is 4.08. The molecule has 0 unspecified atom stereocenters. The topological polar surface area (TPSA) is 38.5 Å². The first-order valence-electron chi connectivity index (χ1n) is 3.74. The maximum absolute atomic E-state index is 5.64. The van der Waals surface area contributed by atoms with Crippen LogP contribution in [0.2, 0.25) is 0 Å². The Kier molecular flexibility index (Phi) is 2.65. The van der Waals surface area contributed by atoms with Crippen LogP contribution in [-0.4, -0.2) is 31.3 Å². The van der Waals surface area contributed by atoms with Gasteiger partial charge in [0.2, 0.25) is 0 Å². The van der Waals surface area contributed by atoms with E-state index in [-0.39, 0.29) is 0 Å². The molecule has 2 atom stereocenters. The maximum atomic E-state index is 5.64. The summed E-state index contributed by atoms with van der Waals surface area (Å²) in [5.74, 6) is 6.31. The van der Waals surface area contributed by atoms with Crippen LogP contribution in [0.1, 0.15) is 13.3 Å². The van der Waals surface area contributed by atoms with Crippen molar-refractivity contribution in [1.82, 2.24) is 5.01 Å². The molecular weight excluding hydrogens is 128 g/mol. The molecule has 1 aliphatic rings. The van der Waals surface area contributed by atoms with Crippen LogP contribution in [0.25, 0.3) is 0 Å². The molecule has 0 amide bonds. The monoisotopic (exact) mass is 144 g/mol. The van der Waals surface area contributed by atoms with E-state index in [1.165, 1.54) is 0 Å². The first-order valence-corrected chi connectivity index (χ1v) is 3.74. The van der Waals surface area contributed by atoms with Gasteiger partial charge in [0.15, 0.2) is 0 Å². The van der Waals surface area contributed by atoms with Gasteiger partial charge in [-0.15, -0.1) is 0 Å². The summed E-state index contributed by atoms with van der Waals surface area (Å²) in [7, 11) is 1.75. The van der Waals surface area contributed by atoms with Crippen LogP contribution in [0.4, 0.5) is 0 Å². The van der Waals surface area contributed by atoms with Crippen LogP contribution in [0.3, 0.4) is 0 Å². The van der Waals surface area contributed by atoms with Crippen molar-refractivity contribution in [1.29, 1.82) is 0 Å². The molecule has 3 nitrogen and oxygen atoms in total. The molecule has 2 N–H and O–H groups in total. The molecule has 1 saturated heterocycles. The number of hydrogen-bond acceptors (Lipinski definition) is 3. The summed E-state index contributed by atoms with van der Waals surface area (Å²) in [5.41, 5.74) is 0. The number of hydrazine groups is 1. The fourth-order valence-electron chi connectivity index (χ4n) is 1.51. The van der Waals surface area contributed by atoms with Gasteiger partial charge in [0.1, 0.15) is 0 Å². The molecule has 0 aromatic carbocycles. The summed E-state index contributed by atoms with van der Waals surface area (Å²) in [5, 5.41) is 1.84. The molecule has 3 heteroatoms. The number of hydrogen-bond donors (Lipinski definition) is 1. The quantitative estimate of drug-likeness (QED) is 0.535. The van der Waals surface area contributed by atoms with Gasteiger partial charge in [-0.2, -0.15) is 0 Å². The lowest BCUT2D eigenvalue weighted by molar-refractivity contribution is 0.0110. The number of methoxy groups -OCH3 is 1. The second-order valence-corrected chi connectivity index (χ2v) is 3.15. The first-order chi connectivity index (χ1) is 4.72. The number of piperidine rings is 1.